The largest absolute Gasteiger partial charge is 0.507 e. The first-order valence-corrected chi connectivity index (χ1v) is 42.1. The molecule has 12 rings (SSSR count). The molecule has 0 amide bonds. The standard InChI is InChI=1S/C22H9F12IO2S.C19H12F3I2S.C18H9F4IO2S.C18H12FI2S/c23-19(24,25)13-5-11(6-14(17(13)36)20(26,27)28)38(10-3-1-9(35)2-4-10)12-7-15(21(29,30)31)18(37)16(8-12)22(32,33)34;20-19(21,22)13-1-7-16(8-2-13)25(17-9-3-14(23)4-10-17)18-11-5-15(24)6-12-18;19-13-5-11(6-14(20)17(13)24)26(10-3-1-9(23)2-4-10)12-7-15(21)18(25)16(22)8-12;19-13-1-7-16(8-2-13)22(17-9-3-14(20)4-10-17)18-11-5-15(21)6-12-18/h1-8H,(H-,36,37);1-12H;1-8H,(H-,24,25);1-12H/q;+1;;+1/p+2. The first-order chi connectivity index (χ1) is 51.9. The molecule has 578 valence electrons. The molecule has 0 fully saturated rings. The Kier molecular flexibility index (Phi) is 30.1. The van der Waals surface area contributed by atoms with Crippen molar-refractivity contribution < 1.29 is 108 Å². The van der Waals surface area contributed by atoms with Crippen molar-refractivity contribution in [2.24, 2.45) is 0 Å². The van der Waals surface area contributed by atoms with Crippen LogP contribution < -0.4 is 0 Å². The van der Waals surface area contributed by atoms with Crippen LogP contribution in [0.4, 0.5) is 87.8 Å². The summed E-state index contributed by atoms with van der Waals surface area (Å²) in [7, 11) is -4.36. The van der Waals surface area contributed by atoms with Gasteiger partial charge in [-0.15, -0.1) is 0 Å². The fraction of sp³-hybridized carbons (Fsp3) is 0.0649. The van der Waals surface area contributed by atoms with Crippen LogP contribution in [0, 0.1) is 50.5 Å². The lowest BCUT2D eigenvalue weighted by molar-refractivity contribution is -0.147. The highest BCUT2D eigenvalue weighted by Gasteiger charge is 2.48. The van der Waals surface area contributed by atoms with Gasteiger partial charge < -0.3 is 20.4 Å². The lowest BCUT2D eigenvalue weighted by atomic mass is 10.1. The van der Waals surface area contributed by atoms with Crippen LogP contribution in [-0.4, -0.2) is 20.4 Å². The molecule has 0 saturated carbocycles. The molecule has 0 aromatic heterocycles. The number of phenols is 4. The minimum atomic E-state index is -5.58. The molecular weight excluding hydrogens is 2260 g/mol. The molecule has 0 aliphatic rings. The van der Waals surface area contributed by atoms with Crippen molar-refractivity contribution in [2.75, 3.05) is 0 Å². The van der Waals surface area contributed by atoms with Gasteiger partial charge in [0.2, 0.25) is 0 Å². The van der Waals surface area contributed by atoms with E-state index in [-0.39, 0.29) is 55.7 Å². The van der Waals surface area contributed by atoms with E-state index in [0.717, 1.165) is 78.8 Å². The third-order valence-electron chi connectivity index (χ3n) is 15.1. The first kappa shape index (κ1) is 89.2. The van der Waals surface area contributed by atoms with Gasteiger partial charge in [0.25, 0.3) is 0 Å². The van der Waals surface area contributed by atoms with Crippen LogP contribution in [-0.2, 0) is 74.5 Å². The summed E-state index contributed by atoms with van der Waals surface area (Å²) < 4.78 is 276. The first-order valence-electron chi connectivity index (χ1n) is 30.7. The lowest BCUT2D eigenvalue weighted by Crippen LogP contribution is -2.17. The molecule has 111 heavy (non-hydrogen) atoms. The molecule has 34 heteroatoms. The summed E-state index contributed by atoms with van der Waals surface area (Å²) >= 11 is 12.9. The number of phenolic OH excluding ortho intramolecular Hbond substituents is 4. The van der Waals surface area contributed by atoms with Gasteiger partial charge in [-0.05, 0) is 330 Å². The number of hydrogen-bond acceptors (Lipinski definition) is 4. The van der Waals surface area contributed by atoms with Crippen molar-refractivity contribution >= 4 is 179 Å². The molecule has 0 radical (unpaired) electrons. The Bertz CT molecular complexity index is 4810. The van der Waals surface area contributed by atoms with Gasteiger partial charge in [0.05, 0.1) is 49.1 Å². The number of alkyl halides is 15. The molecule has 12 aromatic rings. The average Bonchev–Trinajstić information content (AvgIpc) is 0.748. The van der Waals surface area contributed by atoms with Gasteiger partial charge in [-0.2, -0.15) is 65.9 Å². The SMILES string of the molecule is FC(F)(F)c1ccc([S+](c2ccc(I)cc2)c2ccc(I)cc2)cc1.Fc1ccc([S+](c2ccc(I)cc2)c2ccc(I)cc2)cc1.Oc1c(C(F)(F)F)cc([S+](c2ccc(I)cc2)c2cc(C(F)(F)F)c(O)c(C(F)(F)F)c2)cc1C(F)(F)F.Oc1c(F)cc([S+](c2ccc(I)cc2)c2cc(F)c(O)c(F)c2)cc1F. The van der Waals surface area contributed by atoms with Crippen LogP contribution in [0.5, 0.6) is 23.0 Å². The van der Waals surface area contributed by atoms with Crippen molar-refractivity contribution in [1.29, 1.82) is 0 Å². The maximum absolute atomic E-state index is 13.8. The second-order valence-electron chi connectivity index (χ2n) is 22.6. The van der Waals surface area contributed by atoms with Gasteiger partial charge in [0.15, 0.2) is 93.5 Å². The van der Waals surface area contributed by atoms with Crippen molar-refractivity contribution in [3.8, 4) is 23.0 Å². The molecule has 4 N–H and O–H groups in total. The molecule has 0 unspecified atom stereocenters. The van der Waals surface area contributed by atoms with E-state index < -0.39 is 147 Å². The summed E-state index contributed by atoms with van der Waals surface area (Å²) in [6.45, 7) is 0. The minimum Gasteiger partial charge on any atom is -0.507 e. The topological polar surface area (TPSA) is 80.9 Å². The van der Waals surface area contributed by atoms with Gasteiger partial charge in [-0.1, -0.05) is 0 Å². The Labute approximate surface area is 712 Å². The van der Waals surface area contributed by atoms with Crippen LogP contribution in [0.1, 0.15) is 27.8 Å². The second-order valence-corrected chi connectivity index (χ2v) is 38.2. The normalized spacial score (nSPS) is 12.0. The molecule has 12 aromatic carbocycles. The number of benzene rings is 12. The van der Waals surface area contributed by atoms with Gasteiger partial charge in [0, 0.05) is 70.0 Å². The zero-order valence-electron chi connectivity index (χ0n) is 54.8. The Balaban J connectivity index is 0.000000174. The van der Waals surface area contributed by atoms with Gasteiger partial charge >= 0.3 is 30.9 Å². The average molecular weight is 2300 g/mol. The van der Waals surface area contributed by atoms with E-state index >= 15 is 0 Å². The molecule has 0 spiro atoms. The summed E-state index contributed by atoms with van der Waals surface area (Å²) in [4.78, 5) is 5.16. The third kappa shape index (κ3) is 23.3. The van der Waals surface area contributed by atoms with Crippen LogP contribution in [0.3, 0.4) is 0 Å². The molecule has 4 nitrogen and oxygen atoms in total. The van der Waals surface area contributed by atoms with Crippen LogP contribution in [0.2, 0.25) is 0 Å². The number of hydrogen-bond donors (Lipinski definition) is 4. The Morgan fingerprint density at radius 3 is 0.541 bits per heavy atom. The predicted octanol–water partition coefficient (Wildman–Crippen LogP) is 27.4. The highest BCUT2D eigenvalue weighted by molar-refractivity contribution is 14.1. The summed E-state index contributed by atoms with van der Waals surface area (Å²) in [5.41, 5.74) is -9.41. The van der Waals surface area contributed by atoms with Crippen LogP contribution in [0.15, 0.2) is 301 Å². The zero-order valence-corrected chi connectivity index (χ0v) is 71.1. The van der Waals surface area contributed by atoms with Crippen LogP contribution in [0.25, 0.3) is 0 Å². The minimum absolute atomic E-state index is 0.0268. The van der Waals surface area contributed by atoms with E-state index in [1.165, 1.54) is 41.2 Å². The van der Waals surface area contributed by atoms with E-state index in [1.807, 2.05) is 60.7 Å². The highest BCUT2D eigenvalue weighted by atomic mass is 127. The smallest absolute Gasteiger partial charge is 0.420 e. The Hall–Kier alpha value is -5.78. The summed E-state index contributed by atoms with van der Waals surface area (Å²) in [5, 5.41) is 38.1. The Morgan fingerprint density at radius 1 is 0.198 bits per heavy atom. The summed E-state index contributed by atoms with van der Waals surface area (Å²) in [5.74, 6) is -11.6. The molecule has 0 heterocycles. The highest BCUT2D eigenvalue weighted by Crippen LogP contribution is 2.51. The molecule has 0 aliphatic carbocycles. The van der Waals surface area contributed by atoms with Crippen LogP contribution >= 0.6 is 136 Å². The second kappa shape index (κ2) is 37.4. The van der Waals surface area contributed by atoms with Crippen molar-refractivity contribution in [1.82, 2.24) is 0 Å². The summed E-state index contributed by atoms with van der Waals surface area (Å²) in [6, 6.07) is 61.1. The molecule has 0 atom stereocenters. The zero-order chi connectivity index (χ0) is 81.6. The molecule has 0 aliphatic heterocycles. The fourth-order valence-corrected chi connectivity index (χ4v) is 20.6. The van der Waals surface area contributed by atoms with Gasteiger partial charge in [0.1, 0.15) is 39.6 Å². The third-order valence-corrected chi connectivity index (χ3v) is 28.2. The van der Waals surface area contributed by atoms with E-state index in [1.54, 1.807) is 59.0 Å². The van der Waals surface area contributed by atoms with Crippen molar-refractivity contribution in [3.63, 3.8) is 0 Å². The molecule has 0 saturated heterocycles. The summed E-state index contributed by atoms with van der Waals surface area (Å²) in [6.07, 6.45) is -26.6. The fourth-order valence-electron chi connectivity index (χ4n) is 10.0. The van der Waals surface area contributed by atoms with E-state index in [2.05, 4.69) is 161 Å². The van der Waals surface area contributed by atoms with Gasteiger partial charge in [-0.3, -0.25) is 0 Å². The number of aromatic hydroxyl groups is 4. The Morgan fingerprint density at radius 2 is 0.360 bits per heavy atom. The van der Waals surface area contributed by atoms with E-state index in [0.29, 0.717) is 8.47 Å². The predicted molar refractivity (Wildman–Crippen MR) is 434 cm³/mol. The monoisotopic (exact) mass is 2300 g/mol. The number of halogens is 26. The quantitative estimate of drug-likeness (QED) is 0.0558. The molecule has 0 bridgehead atoms. The lowest BCUT2D eigenvalue weighted by Gasteiger charge is -2.19. The maximum atomic E-state index is 13.8. The molecular formula is C77H44F20I6O4S4+4. The van der Waals surface area contributed by atoms with Crippen molar-refractivity contribution in [2.45, 2.75) is 89.6 Å². The van der Waals surface area contributed by atoms with Gasteiger partial charge in [-0.25, -0.2) is 22.0 Å². The number of rotatable bonds is 12. The van der Waals surface area contributed by atoms with Crippen molar-refractivity contribution in [3.05, 3.63) is 321 Å². The maximum Gasteiger partial charge on any atom is 0.420 e. The van der Waals surface area contributed by atoms with E-state index in [9.17, 15) is 108 Å². The van der Waals surface area contributed by atoms with E-state index in [4.69, 9.17) is 0 Å².